The van der Waals surface area contributed by atoms with Crippen molar-refractivity contribution in [3.63, 3.8) is 0 Å². The molecule has 4 heteroatoms. The molecule has 0 aromatic carbocycles. The Bertz CT molecular complexity index is 336. The Morgan fingerprint density at radius 1 is 1.40 bits per heavy atom. The van der Waals surface area contributed by atoms with Crippen LogP contribution in [0.15, 0.2) is 0 Å². The molecule has 0 spiro atoms. The molecule has 2 N–H and O–H groups in total. The van der Waals surface area contributed by atoms with Crippen molar-refractivity contribution in [2.45, 2.75) is 51.0 Å². The molecule has 1 aromatic heterocycles. The van der Waals surface area contributed by atoms with Gasteiger partial charge in [-0.2, -0.15) is 5.10 Å². The molecule has 0 radical (unpaired) electrons. The second-order valence-electron chi connectivity index (χ2n) is 4.59. The Hall–Kier alpha value is -0.900. The van der Waals surface area contributed by atoms with Gasteiger partial charge in [0.15, 0.2) is 5.82 Å². The Morgan fingerprint density at radius 2 is 2.07 bits per heavy atom. The normalized spacial score (nSPS) is 19.7. The largest absolute Gasteiger partial charge is 0.319 e. The first-order valence-corrected chi connectivity index (χ1v) is 5.85. The van der Waals surface area contributed by atoms with E-state index in [0.29, 0.717) is 0 Å². The highest BCUT2D eigenvalue weighted by Gasteiger charge is 2.35. The van der Waals surface area contributed by atoms with E-state index in [9.17, 15) is 0 Å². The van der Waals surface area contributed by atoms with E-state index in [1.807, 2.05) is 11.7 Å². The van der Waals surface area contributed by atoms with Gasteiger partial charge in [0.2, 0.25) is 0 Å². The molecule has 2 rings (SSSR count). The molecule has 0 aliphatic heterocycles. The highest BCUT2D eigenvalue weighted by atomic mass is 15.3. The molecule has 1 heterocycles. The van der Waals surface area contributed by atoms with Crippen LogP contribution in [0.3, 0.4) is 0 Å². The fraction of sp³-hybridized carbons (Fsp3) is 0.818. The van der Waals surface area contributed by atoms with Gasteiger partial charge in [-0.3, -0.25) is 4.68 Å². The minimum absolute atomic E-state index is 0.215. The van der Waals surface area contributed by atoms with E-state index in [1.54, 1.807) is 0 Å². The van der Waals surface area contributed by atoms with Crippen LogP contribution in [0.1, 0.15) is 50.7 Å². The van der Waals surface area contributed by atoms with Crippen molar-refractivity contribution >= 4 is 0 Å². The van der Waals surface area contributed by atoms with Gasteiger partial charge in [0.1, 0.15) is 5.82 Å². The number of aryl methyl sites for hydroxylation is 2. The standard InChI is InChI=1S/C11H20N4/c1-3-6-9-13-10(15(2)14-9)11(12)7-4-5-8-11/h3-8,12H2,1-2H3. The van der Waals surface area contributed by atoms with E-state index in [-0.39, 0.29) is 5.54 Å². The number of nitrogens with two attached hydrogens (primary N) is 1. The predicted octanol–water partition coefficient (Wildman–Crippen LogP) is 1.50. The number of hydrogen-bond acceptors (Lipinski definition) is 3. The molecule has 1 aliphatic rings. The van der Waals surface area contributed by atoms with Crippen LogP contribution >= 0.6 is 0 Å². The minimum Gasteiger partial charge on any atom is -0.319 e. The molecule has 1 saturated carbocycles. The van der Waals surface area contributed by atoms with Crippen LogP contribution in [0.25, 0.3) is 0 Å². The fourth-order valence-electron chi connectivity index (χ4n) is 2.43. The van der Waals surface area contributed by atoms with Crippen LogP contribution in [0.4, 0.5) is 0 Å². The van der Waals surface area contributed by atoms with Crippen LogP contribution in [-0.4, -0.2) is 14.8 Å². The number of aromatic nitrogens is 3. The molecule has 0 atom stereocenters. The zero-order chi connectivity index (χ0) is 10.9. The van der Waals surface area contributed by atoms with Gasteiger partial charge < -0.3 is 5.73 Å². The lowest BCUT2D eigenvalue weighted by atomic mass is 9.98. The van der Waals surface area contributed by atoms with Crippen molar-refractivity contribution in [1.82, 2.24) is 14.8 Å². The predicted molar refractivity (Wildman–Crippen MR) is 59.3 cm³/mol. The summed E-state index contributed by atoms with van der Waals surface area (Å²) in [5.74, 6) is 1.91. The quantitative estimate of drug-likeness (QED) is 0.819. The Labute approximate surface area is 90.9 Å². The summed E-state index contributed by atoms with van der Waals surface area (Å²) in [4.78, 5) is 4.58. The lowest BCUT2D eigenvalue weighted by molar-refractivity contribution is 0.410. The van der Waals surface area contributed by atoms with Gasteiger partial charge in [0, 0.05) is 13.5 Å². The van der Waals surface area contributed by atoms with E-state index < -0.39 is 0 Å². The summed E-state index contributed by atoms with van der Waals surface area (Å²) in [5.41, 5.74) is 6.15. The molecule has 0 unspecified atom stereocenters. The number of rotatable bonds is 3. The first-order chi connectivity index (χ1) is 7.15. The molecule has 0 bridgehead atoms. The third kappa shape index (κ3) is 1.91. The molecule has 1 aromatic rings. The Balaban J connectivity index is 2.27. The van der Waals surface area contributed by atoms with Crippen LogP contribution in [0, 0.1) is 0 Å². The first kappa shape index (κ1) is 10.6. The molecule has 0 amide bonds. The minimum atomic E-state index is -0.215. The van der Waals surface area contributed by atoms with Gasteiger partial charge in [-0.1, -0.05) is 19.8 Å². The average Bonchev–Trinajstić information content (AvgIpc) is 2.75. The lowest BCUT2D eigenvalue weighted by Gasteiger charge is -2.21. The Morgan fingerprint density at radius 3 is 2.67 bits per heavy atom. The van der Waals surface area contributed by atoms with Crippen molar-refractivity contribution in [1.29, 1.82) is 0 Å². The monoisotopic (exact) mass is 208 g/mol. The van der Waals surface area contributed by atoms with Gasteiger partial charge in [-0.05, 0) is 19.3 Å². The maximum Gasteiger partial charge on any atom is 0.151 e. The summed E-state index contributed by atoms with van der Waals surface area (Å²) in [6.07, 6.45) is 6.56. The zero-order valence-electron chi connectivity index (χ0n) is 9.66. The van der Waals surface area contributed by atoms with E-state index in [0.717, 1.165) is 37.3 Å². The molecule has 4 nitrogen and oxygen atoms in total. The van der Waals surface area contributed by atoms with Gasteiger partial charge in [0.25, 0.3) is 0 Å². The van der Waals surface area contributed by atoms with Gasteiger partial charge in [0.05, 0.1) is 5.54 Å². The summed E-state index contributed by atoms with van der Waals surface area (Å²) in [5, 5.41) is 4.42. The molecule has 0 saturated heterocycles. The van der Waals surface area contributed by atoms with Crippen molar-refractivity contribution in [2.75, 3.05) is 0 Å². The molecule has 1 aliphatic carbocycles. The summed E-state index contributed by atoms with van der Waals surface area (Å²) >= 11 is 0. The van der Waals surface area contributed by atoms with E-state index in [4.69, 9.17) is 5.73 Å². The summed E-state index contributed by atoms with van der Waals surface area (Å²) in [6.45, 7) is 2.14. The molecular weight excluding hydrogens is 188 g/mol. The first-order valence-electron chi connectivity index (χ1n) is 5.85. The summed E-state index contributed by atoms with van der Waals surface area (Å²) in [7, 11) is 1.95. The highest BCUT2D eigenvalue weighted by Crippen LogP contribution is 2.34. The van der Waals surface area contributed by atoms with Crippen LogP contribution in [0.2, 0.25) is 0 Å². The van der Waals surface area contributed by atoms with Gasteiger partial charge in [-0.15, -0.1) is 0 Å². The van der Waals surface area contributed by atoms with Crippen LogP contribution in [-0.2, 0) is 19.0 Å². The van der Waals surface area contributed by atoms with Crippen molar-refractivity contribution in [3.8, 4) is 0 Å². The topological polar surface area (TPSA) is 56.7 Å². The van der Waals surface area contributed by atoms with E-state index in [2.05, 4.69) is 17.0 Å². The zero-order valence-corrected chi connectivity index (χ0v) is 9.66. The van der Waals surface area contributed by atoms with Gasteiger partial charge in [-0.25, -0.2) is 4.98 Å². The van der Waals surface area contributed by atoms with Crippen molar-refractivity contribution in [2.24, 2.45) is 12.8 Å². The van der Waals surface area contributed by atoms with Gasteiger partial charge >= 0.3 is 0 Å². The fourth-order valence-corrected chi connectivity index (χ4v) is 2.43. The highest BCUT2D eigenvalue weighted by molar-refractivity contribution is 5.09. The SMILES string of the molecule is CCCc1nc(C2(N)CCCC2)n(C)n1. The molecular formula is C11H20N4. The number of nitrogens with zero attached hydrogens (tertiary/aromatic N) is 3. The Kier molecular flexibility index (Phi) is 2.78. The second kappa shape index (κ2) is 3.93. The third-order valence-electron chi connectivity index (χ3n) is 3.22. The maximum atomic E-state index is 6.37. The van der Waals surface area contributed by atoms with Crippen LogP contribution in [0.5, 0.6) is 0 Å². The number of hydrogen-bond donors (Lipinski definition) is 1. The van der Waals surface area contributed by atoms with Crippen LogP contribution < -0.4 is 5.73 Å². The molecule has 84 valence electrons. The van der Waals surface area contributed by atoms with E-state index >= 15 is 0 Å². The average molecular weight is 208 g/mol. The van der Waals surface area contributed by atoms with E-state index in [1.165, 1.54) is 12.8 Å². The maximum absolute atomic E-state index is 6.37. The molecule has 1 fully saturated rings. The van der Waals surface area contributed by atoms with Crippen molar-refractivity contribution < 1.29 is 0 Å². The third-order valence-corrected chi connectivity index (χ3v) is 3.22. The smallest absolute Gasteiger partial charge is 0.151 e. The summed E-state index contributed by atoms with van der Waals surface area (Å²) in [6, 6.07) is 0. The summed E-state index contributed by atoms with van der Waals surface area (Å²) < 4.78 is 1.87. The lowest BCUT2D eigenvalue weighted by Crippen LogP contribution is -2.36. The second-order valence-corrected chi connectivity index (χ2v) is 4.59. The van der Waals surface area contributed by atoms with Crippen molar-refractivity contribution in [3.05, 3.63) is 11.6 Å². The molecule has 15 heavy (non-hydrogen) atoms.